The molecule has 2 rings (SSSR count). The average Bonchev–Trinajstić information content (AvgIpc) is 2.92. The fourth-order valence-corrected chi connectivity index (χ4v) is 2.73. The zero-order valence-electron chi connectivity index (χ0n) is 7.37. The molecule has 2 nitrogen and oxygen atoms in total. The van der Waals surface area contributed by atoms with Crippen molar-refractivity contribution in [3.05, 3.63) is 28.2 Å². The third kappa shape index (κ3) is 2.30. The van der Waals surface area contributed by atoms with E-state index >= 15 is 0 Å². The van der Waals surface area contributed by atoms with E-state index in [1.807, 2.05) is 0 Å². The quantitative estimate of drug-likeness (QED) is 0.917. The van der Waals surface area contributed by atoms with Crippen LogP contribution < -0.4 is 0 Å². The number of hydrogen-bond donors (Lipinski definition) is 1. The molecule has 1 aromatic carbocycles. The standard InChI is InChI=1S/C10H9BrO2S/c11-8-4-1-6(10(12)13)5-9(8)14-7-2-3-7/h1,4-5,7H,2-3H2,(H,12,13). The van der Waals surface area contributed by atoms with Crippen molar-refractivity contribution in [3.8, 4) is 0 Å². The van der Waals surface area contributed by atoms with Gasteiger partial charge in [-0.05, 0) is 47.0 Å². The molecule has 0 amide bonds. The van der Waals surface area contributed by atoms with Gasteiger partial charge in [0.2, 0.25) is 0 Å². The summed E-state index contributed by atoms with van der Waals surface area (Å²) < 4.78 is 0.986. The summed E-state index contributed by atoms with van der Waals surface area (Å²) in [6.45, 7) is 0. The Hall–Kier alpha value is -0.480. The minimum Gasteiger partial charge on any atom is -0.478 e. The van der Waals surface area contributed by atoms with Crippen LogP contribution in [0, 0.1) is 0 Å². The number of hydrogen-bond acceptors (Lipinski definition) is 2. The molecule has 0 aromatic heterocycles. The second-order valence-electron chi connectivity index (χ2n) is 3.27. The first-order chi connectivity index (χ1) is 6.66. The number of carbonyl (C=O) groups is 1. The van der Waals surface area contributed by atoms with Crippen LogP contribution in [-0.4, -0.2) is 16.3 Å². The Kier molecular flexibility index (Phi) is 2.83. The number of carboxylic acid groups (broad SMARTS) is 1. The van der Waals surface area contributed by atoms with Crippen LogP contribution >= 0.6 is 27.7 Å². The maximum absolute atomic E-state index is 10.7. The van der Waals surface area contributed by atoms with Crippen LogP contribution in [0.1, 0.15) is 23.2 Å². The first kappa shape index (κ1) is 10.1. The summed E-state index contributed by atoms with van der Waals surface area (Å²) in [5, 5.41) is 9.52. The Labute approximate surface area is 94.8 Å². The van der Waals surface area contributed by atoms with Crippen LogP contribution in [0.3, 0.4) is 0 Å². The fraction of sp³-hybridized carbons (Fsp3) is 0.300. The molecule has 1 fully saturated rings. The summed E-state index contributed by atoms with van der Waals surface area (Å²) in [6.07, 6.45) is 2.49. The van der Waals surface area contributed by atoms with E-state index in [2.05, 4.69) is 15.9 Å². The van der Waals surface area contributed by atoms with Crippen molar-refractivity contribution in [2.24, 2.45) is 0 Å². The summed E-state index contributed by atoms with van der Waals surface area (Å²) >= 11 is 5.18. The third-order valence-corrected chi connectivity index (χ3v) is 4.35. The maximum Gasteiger partial charge on any atom is 0.335 e. The second-order valence-corrected chi connectivity index (χ2v) is 5.46. The largest absolute Gasteiger partial charge is 0.478 e. The van der Waals surface area contributed by atoms with Gasteiger partial charge in [-0.1, -0.05) is 0 Å². The van der Waals surface area contributed by atoms with Crippen molar-refractivity contribution in [3.63, 3.8) is 0 Å². The van der Waals surface area contributed by atoms with Crippen molar-refractivity contribution >= 4 is 33.7 Å². The van der Waals surface area contributed by atoms with Crippen molar-refractivity contribution in [2.75, 3.05) is 0 Å². The maximum atomic E-state index is 10.7. The molecule has 1 aliphatic rings. The molecule has 74 valence electrons. The van der Waals surface area contributed by atoms with Crippen LogP contribution in [0.5, 0.6) is 0 Å². The number of benzene rings is 1. The molecule has 0 spiro atoms. The highest BCUT2D eigenvalue weighted by Crippen LogP contribution is 2.42. The molecule has 0 unspecified atom stereocenters. The van der Waals surface area contributed by atoms with Crippen LogP contribution in [0.4, 0.5) is 0 Å². The van der Waals surface area contributed by atoms with Crippen molar-refractivity contribution in [1.29, 1.82) is 0 Å². The topological polar surface area (TPSA) is 37.3 Å². The highest BCUT2D eigenvalue weighted by molar-refractivity contribution is 9.10. The molecule has 0 bridgehead atoms. The molecular formula is C10H9BrO2S. The molecule has 1 saturated carbocycles. The highest BCUT2D eigenvalue weighted by Gasteiger charge is 2.23. The Morgan fingerprint density at radius 2 is 2.21 bits per heavy atom. The molecule has 1 aromatic rings. The van der Waals surface area contributed by atoms with E-state index in [1.165, 1.54) is 12.8 Å². The minimum absolute atomic E-state index is 0.358. The van der Waals surface area contributed by atoms with Crippen molar-refractivity contribution < 1.29 is 9.90 Å². The Morgan fingerprint density at radius 3 is 2.79 bits per heavy atom. The number of thioether (sulfide) groups is 1. The Bertz CT molecular complexity index is 374. The predicted octanol–water partition coefficient (Wildman–Crippen LogP) is 3.40. The molecule has 1 N–H and O–H groups in total. The van der Waals surface area contributed by atoms with Crippen LogP contribution in [0.2, 0.25) is 0 Å². The van der Waals surface area contributed by atoms with E-state index in [1.54, 1.807) is 30.0 Å². The monoisotopic (exact) mass is 272 g/mol. The molecular weight excluding hydrogens is 264 g/mol. The van der Waals surface area contributed by atoms with E-state index in [0.717, 1.165) is 9.37 Å². The van der Waals surface area contributed by atoms with Gasteiger partial charge < -0.3 is 5.11 Å². The first-order valence-corrected chi connectivity index (χ1v) is 6.03. The predicted molar refractivity (Wildman–Crippen MR) is 60.0 cm³/mol. The zero-order valence-corrected chi connectivity index (χ0v) is 9.77. The smallest absolute Gasteiger partial charge is 0.335 e. The normalized spacial score (nSPS) is 15.5. The van der Waals surface area contributed by atoms with E-state index < -0.39 is 5.97 Å². The third-order valence-electron chi connectivity index (χ3n) is 2.00. The van der Waals surface area contributed by atoms with Gasteiger partial charge in [0, 0.05) is 14.6 Å². The average molecular weight is 273 g/mol. The minimum atomic E-state index is -0.866. The molecule has 14 heavy (non-hydrogen) atoms. The van der Waals surface area contributed by atoms with Gasteiger partial charge in [0.1, 0.15) is 0 Å². The first-order valence-electron chi connectivity index (χ1n) is 4.36. The van der Waals surface area contributed by atoms with Gasteiger partial charge in [0.05, 0.1) is 5.56 Å². The Balaban J connectivity index is 2.26. The van der Waals surface area contributed by atoms with Gasteiger partial charge in [-0.25, -0.2) is 4.79 Å². The fourth-order valence-electron chi connectivity index (χ4n) is 1.09. The molecule has 0 atom stereocenters. The molecule has 0 heterocycles. The summed E-state index contributed by atoms with van der Waals surface area (Å²) in [5.74, 6) is -0.866. The molecule has 0 radical (unpaired) electrons. The Morgan fingerprint density at radius 1 is 1.50 bits per heavy atom. The zero-order chi connectivity index (χ0) is 10.1. The SMILES string of the molecule is O=C(O)c1ccc(Br)c(SC2CC2)c1. The van der Waals surface area contributed by atoms with Crippen LogP contribution in [0.25, 0.3) is 0 Å². The van der Waals surface area contributed by atoms with Gasteiger partial charge in [-0.15, -0.1) is 11.8 Å². The van der Waals surface area contributed by atoms with Gasteiger partial charge in [-0.3, -0.25) is 0 Å². The summed E-state index contributed by atoms with van der Waals surface area (Å²) in [4.78, 5) is 11.8. The van der Waals surface area contributed by atoms with E-state index in [4.69, 9.17) is 5.11 Å². The number of carboxylic acids is 1. The lowest BCUT2D eigenvalue weighted by Gasteiger charge is -2.03. The second kappa shape index (κ2) is 3.95. The van der Waals surface area contributed by atoms with Crippen molar-refractivity contribution in [2.45, 2.75) is 23.0 Å². The molecule has 1 aliphatic carbocycles. The summed E-state index contributed by atoms with van der Waals surface area (Å²) in [5.41, 5.74) is 0.358. The van der Waals surface area contributed by atoms with Gasteiger partial charge in [0.15, 0.2) is 0 Å². The number of halogens is 1. The number of aromatic carboxylic acids is 1. The lowest BCUT2D eigenvalue weighted by Crippen LogP contribution is -1.96. The highest BCUT2D eigenvalue weighted by atomic mass is 79.9. The van der Waals surface area contributed by atoms with Crippen molar-refractivity contribution in [1.82, 2.24) is 0 Å². The van der Waals surface area contributed by atoms with Gasteiger partial charge in [-0.2, -0.15) is 0 Å². The number of rotatable bonds is 3. The lowest BCUT2D eigenvalue weighted by atomic mass is 10.2. The summed E-state index contributed by atoms with van der Waals surface area (Å²) in [7, 11) is 0. The van der Waals surface area contributed by atoms with E-state index in [-0.39, 0.29) is 0 Å². The van der Waals surface area contributed by atoms with Crippen LogP contribution in [0.15, 0.2) is 27.6 Å². The lowest BCUT2D eigenvalue weighted by molar-refractivity contribution is 0.0696. The van der Waals surface area contributed by atoms with E-state index in [0.29, 0.717) is 10.8 Å². The molecule has 0 saturated heterocycles. The molecule has 0 aliphatic heterocycles. The summed E-state index contributed by atoms with van der Waals surface area (Å²) in [6, 6.07) is 5.15. The van der Waals surface area contributed by atoms with Crippen LogP contribution in [-0.2, 0) is 0 Å². The van der Waals surface area contributed by atoms with Gasteiger partial charge in [0.25, 0.3) is 0 Å². The molecule has 4 heteroatoms. The van der Waals surface area contributed by atoms with Gasteiger partial charge >= 0.3 is 5.97 Å². The van der Waals surface area contributed by atoms with E-state index in [9.17, 15) is 4.79 Å².